The molecular formula is C15H18O2. The molecule has 0 aromatic heterocycles. The second kappa shape index (κ2) is 6.24. The Balaban J connectivity index is 1.95. The first kappa shape index (κ1) is 11.9. The molecule has 1 aromatic rings. The molecule has 0 fully saturated rings. The number of esters is 1. The van der Waals surface area contributed by atoms with E-state index in [-0.39, 0.29) is 12.1 Å². The highest BCUT2D eigenvalue weighted by molar-refractivity contribution is 5.89. The normalized spacial score (nSPS) is 22.2. The van der Waals surface area contributed by atoms with Crippen LogP contribution in [0, 0.1) is 0 Å². The van der Waals surface area contributed by atoms with Crippen LogP contribution in [0.3, 0.4) is 0 Å². The SMILES string of the molecule is O=C(OC1/C=C\CCCCC1)c1ccccc1. The molecule has 17 heavy (non-hydrogen) atoms. The summed E-state index contributed by atoms with van der Waals surface area (Å²) in [5.74, 6) is -0.221. The zero-order valence-electron chi connectivity index (χ0n) is 9.97. The number of hydrogen-bond donors (Lipinski definition) is 0. The molecule has 0 radical (unpaired) electrons. The highest BCUT2D eigenvalue weighted by atomic mass is 16.5. The van der Waals surface area contributed by atoms with Crippen LogP contribution < -0.4 is 0 Å². The highest BCUT2D eigenvalue weighted by Gasteiger charge is 2.13. The van der Waals surface area contributed by atoms with Crippen LogP contribution in [0.25, 0.3) is 0 Å². The predicted octanol–water partition coefficient (Wildman–Crippen LogP) is 3.73. The van der Waals surface area contributed by atoms with Crippen LogP contribution in [0.5, 0.6) is 0 Å². The van der Waals surface area contributed by atoms with E-state index in [9.17, 15) is 4.79 Å². The first-order chi connectivity index (χ1) is 8.36. The largest absolute Gasteiger partial charge is 0.455 e. The Morgan fingerprint density at radius 2 is 1.94 bits per heavy atom. The molecular weight excluding hydrogens is 212 g/mol. The van der Waals surface area contributed by atoms with Crippen molar-refractivity contribution < 1.29 is 9.53 Å². The minimum absolute atomic E-state index is 0.0528. The Morgan fingerprint density at radius 3 is 2.76 bits per heavy atom. The Kier molecular flexibility index (Phi) is 4.37. The molecule has 1 unspecified atom stereocenters. The van der Waals surface area contributed by atoms with E-state index in [1.54, 1.807) is 12.1 Å². The van der Waals surface area contributed by atoms with Gasteiger partial charge in [-0.05, 0) is 43.9 Å². The van der Waals surface area contributed by atoms with Crippen molar-refractivity contribution in [2.45, 2.75) is 38.2 Å². The summed E-state index contributed by atoms with van der Waals surface area (Å²) >= 11 is 0. The van der Waals surface area contributed by atoms with Crippen LogP contribution in [-0.4, -0.2) is 12.1 Å². The second-order valence-corrected chi connectivity index (χ2v) is 4.38. The highest BCUT2D eigenvalue weighted by Crippen LogP contribution is 2.15. The molecule has 1 aliphatic carbocycles. The Labute approximate surface area is 102 Å². The summed E-state index contributed by atoms with van der Waals surface area (Å²) in [4.78, 5) is 11.9. The van der Waals surface area contributed by atoms with Crippen molar-refractivity contribution in [2.24, 2.45) is 0 Å². The van der Waals surface area contributed by atoms with Gasteiger partial charge < -0.3 is 4.74 Å². The number of carbonyl (C=O) groups excluding carboxylic acids is 1. The average Bonchev–Trinajstić information content (AvgIpc) is 2.33. The van der Waals surface area contributed by atoms with E-state index in [4.69, 9.17) is 4.74 Å². The van der Waals surface area contributed by atoms with Crippen molar-refractivity contribution in [3.63, 3.8) is 0 Å². The van der Waals surface area contributed by atoms with E-state index in [1.807, 2.05) is 24.3 Å². The second-order valence-electron chi connectivity index (χ2n) is 4.38. The fraction of sp³-hybridized carbons (Fsp3) is 0.400. The Morgan fingerprint density at radius 1 is 1.12 bits per heavy atom. The van der Waals surface area contributed by atoms with Crippen molar-refractivity contribution in [3.05, 3.63) is 48.0 Å². The standard InChI is InChI=1S/C15H18O2/c16-15(13-9-5-4-6-10-13)17-14-11-7-2-1-3-8-12-14/h4-7,9-11,14H,1-3,8,12H2/b11-7-. The van der Waals surface area contributed by atoms with Gasteiger partial charge in [0.2, 0.25) is 0 Å². The smallest absolute Gasteiger partial charge is 0.338 e. The average molecular weight is 230 g/mol. The predicted molar refractivity (Wildman–Crippen MR) is 67.9 cm³/mol. The minimum atomic E-state index is -0.221. The van der Waals surface area contributed by atoms with E-state index in [0.717, 1.165) is 19.3 Å². The third kappa shape index (κ3) is 3.74. The van der Waals surface area contributed by atoms with Gasteiger partial charge in [-0.25, -0.2) is 4.79 Å². The molecule has 0 heterocycles. The number of rotatable bonds is 2. The summed E-state index contributed by atoms with van der Waals surface area (Å²) in [5.41, 5.74) is 0.628. The van der Waals surface area contributed by atoms with Gasteiger partial charge >= 0.3 is 5.97 Å². The van der Waals surface area contributed by atoms with Gasteiger partial charge in [-0.3, -0.25) is 0 Å². The van der Waals surface area contributed by atoms with Crippen LogP contribution >= 0.6 is 0 Å². The number of hydrogen-bond acceptors (Lipinski definition) is 2. The number of ether oxygens (including phenoxy) is 1. The van der Waals surface area contributed by atoms with Crippen LogP contribution in [0.1, 0.15) is 42.5 Å². The summed E-state index contributed by atoms with van der Waals surface area (Å²) < 4.78 is 5.49. The molecule has 2 nitrogen and oxygen atoms in total. The van der Waals surface area contributed by atoms with E-state index in [0.29, 0.717) is 5.56 Å². The lowest BCUT2D eigenvalue weighted by molar-refractivity contribution is 0.0374. The Bertz CT molecular complexity index is 381. The van der Waals surface area contributed by atoms with Crippen LogP contribution in [0.4, 0.5) is 0 Å². The lowest BCUT2D eigenvalue weighted by Gasteiger charge is -2.16. The van der Waals surface area contributed by atoms with E-state index < -0.39 is 0 Å². The monoisotopic (exact) mass is 230 g/mol. The van der Waals surface area contributed by atoms with Crippen molar-refractivity contribution in [1.29, 1.82) is 0 Å². The topological polar surface area (TPSA) is 26.3 Å². The quantitative estimate of drug-likeness (QED) is 0.571. The van der Waals surface area contributed by atoms with Crippen molar-refractivity contribution in [1.82, 2.24) is 0 Å². The molecule has 2 heteroatoms. The van der Waals surface area contributed by atoms with Gasteiger partial charge in [-0.1, -0.05) is 30.7 Å². The number of carbonyl (C=O) groups is 1. The van der Waals surface area contributed by atoms with E-state index >= 15 is 0 Å². The number of allylic oxidation sites excluding steroid dienone is 1. The van der Waals surface area contributed by atoms with Gasteiger partial charge in [0.1, 0.15) is 6.10 Å². The Hall–Kier alpha value is -1.57. The van der Waals surface area contributed by atoms with Crippen molar-refractivity contribution in [3.8, 4) is 0 Å². The molecule has 0 N–H and O–H groups in total. The summed E-state index contributed by atoms with van der Waals surface area (Å²) in [6.07, 6.45) is 9.75. The zero-order valence-corrected chi connectivity index (χ0v) is 9.97. The third-order valence-electron chi connectivity index (χ3n) is 2.98. The van der Waals surface area contributed by atoms with E-state index in [1.165, 1.54) is 12.8 Å². The molecule has 0 saturated carbocycles. The summed E-state index contributed by atoms with van der Waals surface area (Å²) in [6, 6.07) is 9.17. The van der Waals surface area contributed by atoms with Gasteiger partial charge in [0.15, 0.2) is 0 Å². The van der Waals surface area contributed by atoms with Crippen LogP contribution in [-0.2, 0) is 4.74 Å². The maximum Gasteiger partial charge on any atom is 0.338 e. The lowest BCUT2D eigenvalue weighted by atomic mass is 10.0. The summed E-state index contributed by atoms with van der Waals surface area (Å²) in [7, 11) is 0. The molecule has 0 amide bonds. The van der Waals surface area contributed by atoms with Crippen LogP contribution in [0.15, 0.2) is 42.5 Å². The molecule has 1 aliphatic rings. The van der Waals surface area contributed by atoms with E-state index in [2.05, 4.69) is 6.08 Å². The van der Waals surface area contributed by atoms with Crippen molar-refractivity contribution >= 4 is 5.97 Å². The summed E-state index contributed by atoms with van der Waals surface area (Å²) in [5, 5.41) is 0. The molecule has 0 bridgehead atoms. The zero-order chi connectivity index (χ0) is 11.9. The summed E-state index contributed by atoms with van der Waals surface area (Å²) in [6.45, 7) is 0. The fourth-order valence-corrected chi connectivity index (χ4v) is 2.01. The molecule has 90 valence electrons. The molecule has 0 spiro atoms. The minimum Gasteiger partial charge on any atom is -0.455 e. The van der Waals surface area contributed by atoms with Gasteiger partial charge in [-0.2, -0.15) is 0 Å². The maximum absolute atomic E-state index is 11.9. The number of benzene rings is 1. The first-order valence-electron chi connectivity index (χ1n) is 6.29. The molecule has 1 atom stereocenters. The molecule has 0 aliphatic heterocycles. The molecule has 0 saturated heterocycles. The van der Waals surface area contributed by atoms with Gasteiger partial charge in [-0.15, -0.1) is 0 Å². The lowest BCUT2D eigenvalue weighted by Crippen LogP contribution is -2.16. The maximum atomic E-state index is 11.9. The van der Waals surface area contributed by atoms with Crippen LogP contribution in [0.2, 0.25) is 0 Å². The first-order valence-corrected chi connectivity index (χ1v) is 6.29. The molecule has 2 rings (SSSR count). The fourth-order valence-electron chi connectivity index (χ4n) is 2.01. The van der Waals surface area contributed by atoms with Gasteiger partial charge in [0.05, 0.1) is 5.56 Å². The van der Waals surface area contributed by atoms with Crippen molar-refractivity contribution in [2.75, 3.05) is 0 Å². The third-order valence-corrected chi connectivity index (χ3v) is 2.98. The van der Waals surface area contributed by atoms with Gasteiger partial charge in [0, 0.05) is 0 Å². The van der Waals surface area contributed by atoms with Gasteiger partial charge in [0.25, 0.3) is 0 Å². The molecule has 1 aromatic carbocycles.